The van der Waals surface area contributed by atoms with Gasteiger partial charge in [-0.1, -0.05) is 24.3 Å². The second-order valence-electron chi connectivity index (χ2n) is 5.69. The summed E-state index contributed by atoms with van der Waals surface area (Å²) in [6.07, 6.45) is 7.17. The molecule has 3 heterocycles. The zero-order valence-electron chi connectivity index (χ0n) is 11.3. The van der Waals surface area contributed by atoms with Crippen molar-refractivity contribution in [2.45, 2.75) is 37.8 Å². The fourth-order valence-corrected chi connectivity index (χ4v) is 4.62. The van der Waals surface area contributed by atoms with Crippen molar-refractivity contribution in [1.29, 1.82) is 0 Å². The Labute approximate surface area is 118 Å². The van der Waals surface area contributed by atoms with Crippen molar-refractivity contribution in [3.05, 3.63) is 11.5 Å². The van der Waals surface area contributed by atoms with Crippen molar-refractivity contribution in [1.82, 2.24) is 21.3 Å². The van der Waals surface area contributed by atoms with E-state index in [-0.39, 0.29) is 11.9 Å². The maximum atomic E-state index is 12.4. The minimum Gasteiger partial charge on any atom is -0.287 e. The summed E-state index contributed by atoms with van der Waals surface area (Å²) < 4.78 is 0. The first kappa shape index (κ1) is 13.4. The third-order valence-corrected chi connectivity index (χ3v) is 5.63. The molecular formula is C13H25N4OS. The van der Waals surface area contributed by atoms with Crippen molar-refractivity contribution in [3.63, 3.8) is 0 Å². The zero-order chi connectivity index (χ0) is 13.1. The maximum Gasteiger partial charge on any atom is 0.253 e. The summed E-state index contributed by atoms with van der Waals surface area (Å²) in [5.74, 6) is 1.72. The van der Waals surface area contributed by atoms with Gasteiger partial charge < -0.3 is 0 Å². The molecule has 3 aliphatic heterocycles. The Morgan fingerprint density at radius 3 is 2.79 bits per heavy atom. The Kier molecular flexibility index (Phi) is 4.42. The molecule has 3 unspecified atom stereocenters. The second-order valence-corrected chi connectivity index (χ2v) is 7.02. The fourth-order valence-electron chi connectivity index (χ4n) is 3.18. The van der Waals surface area contributed by atoms with Crippen LogP contribution in [0, 0.1) is 5.92 Å². The van der Waals surface area contributed by atoms with Gasteiger partial charge in [-0.3, -0.25) is 22.0 Å². The smallest absolute Gasteiger partial charge is 0.253 e. The highest BCUT2D eigenvalue weighted by atomic mass is 32.2. The van der Waals surface area contributed by atoms with Crippen molar-refractivity contribution in [2.24, 2.45) is 5.92 Å². The highest BCUT2D eigenvalue weighted by molar-refractivity contribution is 8.02. The van der Waals surface area contributed by atoms with Crippen LogP contribution in [0.25, 0.3) is 0 Å². The van der Waals surface area contributed by atoms with E-state index in [0.29, 0.717) is 23.7 Å². The first-order chi connectivity index (χ1) is 9.34. The van der Waals surface area contributed by atoms with Crippen LogP contribution in [0.5, 0.6) is 0 Å². The average molecular weight is 285 g/mol. The normalized spacial score (nSPS) is 36.1. The van der Waals surface area contributed by atoms with Gasteiger partial charge in [-0.25, -0.2) is 15.9 Å². The number of carbonyl (C=O) groups is 1. The molecule has 3 N–H and O–H groups in total. The lowest BCUT2D eigenvalue weighted by Crippen LogP contribution is -2.52. The monoisotopic (exact) mass is 285 g/mol. The van der Waals surface area contributed by atoms with Crippen LogP contribution in [0.15, 0.2) is 11.5 Å². The third kappa shape index (κ3) is 3.13. The summed E-state index contributed by atoms with van der Waals surface area (Å²) in [5, 5.41) is 4.39. The van der Waals surface area contributed by atoms with Crippen LogP contribution in [0.1, 0.15) is 25.7 Å². The molecule has 19 heavy (non-hydrogen) atoms. The number of hydrogen-bond donors (Lipinski definition) is 3. The zero-order valence-corrected chi connectivity index (χ0v) is 12.4. The summed E-state index contributed by atoms with van der Waals surface area (Å²) in [6, 6.07) is 0.256. The molecule has 5 nitrogen and oxygen atoms in total. The molecule has 0 spiro atoms. The molecule has 0 aromatic carbocycles. The van der Waals surface area contributed by atoms with Gasteiger partial charge in [0.1, 0.15) is 6.04 Å². The van der Waals surface area contributed by atoms with E-state index in [4.69, 9.17) is 0 Å². The Hall–Kier alpha value is -0.560. The van der Waals surface area contributed by atoms with Crippen LogP contribution < -0.4 is 16.3 Å². The number of carbonyl (C=O) groups excluding carboxylic acids is 1. The number of rotatable bonds is 2. The van der Waals surface area contributed by atoms with Gasteiger partial charge in [0.25, 0.3) is 5.91 Å². The van der Waals surface area contributed by atoms with Crippen LogP contribution in [0.4, 0.5) is 0 Å². The standard InChI is InChI=1S/C13H25N4OS/c18-13(16-17-6-3-1-2-4-7-17)12-10-9-19-8-5-11(10)14-15-12/h5,8,10-12,14-15H,1-4,6-7,9H2,19H3,(H,16,18). The second kappa shape index (κ2) is 6.26. The van der Waals surface area contributed by atoms with E-state index in [1.807, 2.05) is 0 Å². The van der Waals surface area contributed by atoms with Gasteiger partial charge >= 0.3 is 0 Å². The highest BCUT2D eigenvalue weighted by Gasteiger charge is 2.39. The SMILES string of the molecule is O=C(NN1CCCCCC1)C1NNC2C=C[SH3]CC21. The van der Waals surface area contributed by atoms with Gasteiger partial charge in [0.05, 0.1) is 0 Å². The maximum absolute atomic E-state index is 12.4. The predicted molar refractivity (Wildman–Crippen MR) is 81.3 cm³/mol. The number of hydrogen-bond acceptors (Lipinski definition) is 4. The van der Waals surface area contributed by atoms with Gasteiger partial charge in [0, 0.05) is 25.0 Å². The number of nitrogens with zero attached hydrogens (tertiary/aromatic N) is 1. The van der Waals surface area contributed by atoms with Gasteiger partial charge in [-0.05, 0) is 18.6 Å². The molecule has 3 atom stereocenters. The molecule has 0 aliphatic carbocycles. The molecule has 109 valence electrons. The van der Waals surface area contributed by atoms with Gasteiger partial charge in [0.2, 0.25) is 0 Å². The number of amides is 1. The average Bonchev–Trinajstić information content (AvgIpc) is 2.70. The van der Waals surface area contributed by atoms with Crippen LogP contribution in [-0.4, -0.2) is 41.8 Å². The van der Waals surface area contributed by atoms with Crippen molar-refractivity contribution < 1.29 is 4.79 Å². The van der Waals surface area contributed by atoms with E-state index in [2.05, 4.69) is 32.8 Å². The van der Waals surface area contributed by atoms with Crippen molar-refractivity contribution >= 4 is 17.7 Å². The quantitative estimate of drug-likeness (QED) is 0.658. The van der Waals surface area contributed by atoms with E-state index in [1.165, 1.54) is 31.4 Å². The predicted octanol–water partition coefficient (Wildman–Crippen LogP) is -0.188. The molecule has 1 amide bonds. The summed E-state index contributed by atoms with van der Waals surface area (Å²) in [4.78, 5) is 12.4. The third-order valence-electron chi connectivity index (χ3n) is 4.31. The molecular weight excluding hydrogens is 260 g/mol. The number of nitrogens with one attached hydrogen (secondary N) is 3. The Bertz CT molecular complexity index is 355. The Morgan fingerprint density at radius 2 is 2.00 bits per heavy atom. The van der Waals surface area contributed by atoms with E-state index in [1.54, 1.807) is 0 Å². The molecule has 0 saturated carbocycles. The van der Waals surface area contributed by atoms with Crippen LogP contribution in [0.3, 0.4) is 0 Å². The number of fused-ring (bicyclic) bond motifs is 1. The van der Waals surface area contributed by atoms with E-state index in [0.717, 1.165) is 13.1 Å². The molecule has 6 heteroatoms. The molecule has 2 saturated heterocycles. The minimum atomic E-state index is -0.0781. The summed E-state index contributed by atoms with van der Waals surface area (Å²) >= 11 is 0.375. The minimum absolute atomic E-state index is 0.0781. The molecule has 2 fully saturated rings. The van der Waals surface area contributed by atoms with Crippen molar-refractivity contribution in [2.75, 3.05) is 18.8 Å². The van der Waals surface area contributed by atoms with E-state index in [9.17, 15) is 4.79 Å². The topological polar surface area (TPSA) is 56.4 Å². The summed E-state index contributed by atoms with van der Waals surface area (Å²) in [6.45, 7) is 1.98. The lowest BCUT2D eigenvalue weighted by molar-refractivity contribution is -0.128. The lowest BCUT2D eigenvalue weighted by Gasteiger charge is -2.27. The summed E-state index contributed by atoms with van der Waals surface area (Å²) in [5.41, 5.74) is 9.52. The first-order valence-corrected chi connectivity index (χ1v) is 8.89. The first-order valence-electron chi connectivity index (χ1n) is 7.41. The van der Waals surface area contributed by atoms with E-state index < -0.39 is 0 Å². The van der Waals surface area contributed by atoms with Crippen LogP contribution in [0.2, 0.25) is 0 Å². The largest absolute Gasteiger partial charge is 0.287 e. The van der Waals surface area contributed by atoms with Gasteiger partial charge in [-0.2, -0.15) is 0 Å². The molecule has 0 bridgehead atoms. The van der Waals surface area contributed by atoms with Crippen LogP contribution in [-0.2, 0) is 4.79 Å². The van der Waals surface area contributed by atoms with Crippen LogP contribution >= 0.6 is 11.8 Å². The Morgan fingerprint density at radius 1 is 1.21 bits per heavy atom. The lowest BCUT2D eigenvalue weighted by atomic mass is 9.96. The highest BCUT2D eigenvalue weighted by Crippen LogP contribution is 2.27. The molecule has 3 aliphatic rings. The van der Waals surface area contributed by atoms with E-state index >= 15 is 0 Å². The molecule has 3 rings (SSSR count). The fraction of sp³-hybridized carbons (Fsp3) is 0.769. The summed E-state index contributed by atoms with van der Waals surface area (Å²) in [7, 11) is 0. The van der Waals surface area contributed by atoms with Crippen molar-refractivity contribution in [3.8, 4) is 0 Å². The number of hydrazine groups is 2. The van der Waals surface area contributed by atoms with Gasteiger partial charge in [0.15, 0.2) is 0 Å². The molecule has 1 radical (unpaired) electrons. The molecule has 0 aromatic heterocycles. The van der Waals surface area contributed by atoms with Gasteiger partial charge in [-0.15, -0.1) is 0 Å². The Balaban J connectivity index is 1.56. The molecule has 0 aromatic rings.